The van der Waals surface area contributed by atoms with Crippen LogP contribution in [0.15, 0.2) is 24.3 Å². The van der Waals surface area contributed by atoms with Gasteiger partial charge in [0.2, 0.25) is 0 Å². The Morgan fingerprint density at radius 1 is 0.710 bits per heavy atom. The first-order valence-corrected chi connectivity index (χ1v) is 11.7. The van der Waals surface area contributed by atoms with Gasteiger partial charge in [-0.25, -0.2) is 0 Å². The Balaban J connectivity index is 1.75. The Labute approximate surface area is 186 Å². The standard InChI is InChI=1S/C26H35NO4/c1-6-28-23-13-18-10-11-27-17(5)20-15-25(30-8-3)24(29-7-2)14-19(20)12-22(27)21(18)16-26(23)31-9-4/h13-17,22H,6-12H2,1-5H3. The predicted octanol–water partition coefficient (Wildman–Crippen LogP) is 5.50. The quantitative estimate of drug-likeness (QED) is 0.559. The van der Waals surface area contributed by atoms with Crippen molar-refractivity contribution < 1.29 is 18.9 Å². The van der Waals surface area contributed by atoms with Gasteiger partial charge in [0, 0.05) is 18.6 Å². The molecule has 0 saturated heterocycles. The molecule has 0 aliphatic carbocycles. The van der Waals surface area contributed by atoms with E-state index >= 15 is 0 Å². The Morgan fingerprint density at radius 2 is 1.19 bits per heavy atom. The second kappa shape index (κ2) is 9.39. The van der Waals surface area contributed by atoms with Crippen LogP contribution in [-0.4, -0.2) is 37.9 Å². The van der Waals surface area contributed by atoms with Crippen molar-refractivity contribution in [3.63, 3.8) is 0 Å². The van der Waals surface area contributed by atoms with Crippen molar-refractivity contribution >= 4 is 0 Å². The lowest BCUT2D eigenvalue weighted by Gasteiger charge is -2.46. The normalized spacial score (nSPS) is 19.8. The summed E-state index contributed by atoms with van der Waals surface area (Å²) in [5.74, 6) is 3.41. The maximum Gasteiger partial charge on any atom is 0.161 e. The molecule has 2 heterocycles. The van der Waals surface area contributed by atoms with Gasteiger partial charge in [-0.15, -0.1) is 0 Å². The molecule has 31 heavy (non-hydrogen) atoms. The summed E-state index contributed by atoms with van der Waals surface area (Å²) in [6.07, 6.45) is 1.98. The first-order valence-electron chi connectivity index (χ1n) is 11.7. The minimum atomic E-state index is 0.318. The summed E-state index contributed by atoms with van der Waals surface area (Å²) in [7, 11) is 0. The molecule has 0 spiro atoms. The molecular weight excluding hydrogens is 390 g/mol. The number of nitrogens with zero attached hydrogens (tertiary/aromatic N) is 1. The van der Waals surface area contributed by atoms with E-state index in [1.807, 2.05) is 27.7 Å². The average Bonchev–Trinajstić information content (AvgIpc) is 2.76. The van der Waals surface area contributed by atoms with E-state index in [0.29, 0.717) is 38.5 Å². The van der Waals surface area contributed by atoms with E-state index < -0.39 is 0 Å². The summed E-state index contributed by atoms with van der Waals surface area (Å²) in [5, 5.41) is 0. The van der Waals surface area contributed by atoms with Gasteiger partial charge in [0.1, 0.15) is 0 Å². The van der Waals surface area contributed by atoms with Gasteiger partial charge in [0.25, 0.3) is 0 Å². The van der Waals surface area contributed by atoms with E-state index in [4.69, 9.17) is 18.9 Å². The van der Waals surface area contributed by atoms with Crippen LogP contribution < -0.4 is 18.9 Å². The SMILES string of the molecule is CCOc1cc2c(cc1OCC)C(C)N1CCc3cc(OCC)c(OCC)cc3C1C2. The summed E-state index contributed by atoms with van der Waals surface area (Å²) in [4.78, 5) is 2.62. The molecule has 2 aliphatic rings. The van der Waals surface area contributed by atoms with Crippen LogP contribution in [0.25, 0.3) is 0 Å². The molecule has 0 saturated carbocycles. The predicted molar refractivity (Wildman–Crippen MR) is 123 cm³/mol. The lowest BCUT2D eigenvalue weighted by atomic mass is 9.81. The van der Waals surface area contributed by atoms with Gasteiger partial charge in [-0.3, -0.25) is 4.90 Å². The van der Waals surface area contributed by atoms with Crippen LogP contribution in [0.2, 0.25) is 0 Å². The molecular formula is C26H35NO4. The van der Waals surface area contributed by atoms with Crippen LogP contribution in [0.5, 0.6) is 23.0 Å². The number of fused-ring (bicyclic) bond motifs is 4. The molecule has 2 aliphatic heterocycles. The monoisotopic (exact) mass is 425 g/mol. The number of rotatable bonds is 8. The Kier molecular flexibility index (Phi) is 6.61. The summed E-state index contributed by atoms with van der Waals surface area (Å²) < 4.78 is 23.6. The van der Waals surface area contributed by atoms with E-state index in [1.165, 1.54) is 22.3 Å². The van der Waals surface area contributed by atoms with Gasteiger partial charge in [-0.05, 0) is 94.0 Å². The van der Waals surface area contributed by atoms with Crippen LogP contribution in [0.4, 0.5) is 0 Å². The topological polar surface area (TPSA) is 40.2 Å². The lowest BCUT2D eigenvalue weighted by molar-refractivity contribution is 0.116. The molecule has 0 radical (unpaired) electrons. The number of hydrogen-bond acceptors (Lipinski definition) is 5. The van der Waals surface area contributed by atoms with E-state index in [2.05, 4.69) is 36.1 Å². The minimum Gasteiger partial charge on any atom is -0.490 e. The van der Waals surface area contributed by atoms with Gasteiger partial charge >= 0.3 is 0 Å². The van der Waals surface area contributed by atoms with Crippen molar-refractivity contribution in [3.8, 4) is 23.0 Å². The summed E-state index contributed by atoms with van der Waals surface area (Å²) in [5.41, 5.74) is 5.44. The van der Waals surface area contributed by atoms with Gasteiger partial charge < -0.3 is 18.9 Å². The van der Waals surface area contributed by atoms with E-state index in [1.54, 1.807) is 0 Å². The average molecular weight is 426 g/mol. The first-order chi connectivity index (χ1) is 15.1. The summed E-state index contributed by atoms with van der Waals surface area (Å²) >= 11 is 0. The fourth-order valence-electron chi connectivity index (χ4n) is 5.06. The van der Waals surface area contributed by atoms with Crippen LogP contribution in [0.3, 0.4) is 0 Å². The smallest absolute Gasteiger partial charge is 0.161 e. The van der Waals surface area contributed by atoms with Crippen LogP contribution in [0.1, 0.15) is 69.0 Å². The molecule has 0 bridgehead atoms. The molecule has 168 valence electrons. The number of hydrogen-bond donors (Lipinski definition) is 0. The van der Waals surface area contributed by atoms with Crippen LogP contribution in [-0.2, 0) is 12.8 Å². The highest BCUT2D eigenvalue weighted by Gasteiger charge is 2.37. The third-order valence-electron chi connectivity index (χ3n) is 6.37. The minimum absolute atomic E-state index is 0.318. The molecule has 2 aromatic rings. The fraction of sp³-hybridized carbons (Fsp3) is 0.538. The second-order valence-corrected chi connectivity index (χ2v) is 8.11. The maximum atomic E-state index is 5.95. The molecule has 0 N–H and O–H groups in total. The Bertz CT molecular complexity index is 926. The van der Waals surface area contributed by atoms with Crippen molar-refractivity contribution in [2.45, 2.75) is 59.5 Å². The zero-order valence-electron chi connectivity index (χ0n) is 19.5. The van der Waals surface area contributed by atoms with Crippen molar-refractivity contribution in [1.82, 2.24) is 4.90 Å². The fourth-order valence-corrected chi connectivity index (χ4v) is 5.06. The third-order valence-corrected chi connectivity index (χ3v) is 6.37. The van der Waals surface area contributed by atoms with Gasteiger partial charge in [-0.2, -0.15) is 0 Å². The molecule has 5 heteroatoms. The second-order valence-electron chi connectivity index (χ2n) is 8.11. The van der Waals surface area contributed by atoms with Crippen LogP contribution in [0, 0.1) is 0 Å². The molecule has 0 aromatic heterocycles. The third kappa shape index (κ3) is 4.08. The Morgan fingerprint density at radius 3 is 1.74 bits per heavy atom. The first kappa shape index (κ1) is 21.8. The van der Waals surface area contributed by atoms with Gasteiger partial charge in [-0.1, -0.05) is 0 Å². The molecule has 0 fully saturated rings. The highest BCUT2D eigenvalue weighted by Crippen LogP contribution is 2.48. The number of ether oxygens (including phenoxy) is 4. The van der Waals surface area contributed by atoms with Gasteiger partial charge in [0.15, 0.2) is 23.0 Å². The summed E-state index contributed by atoms with van der Waals surface area (Å²) in [6, 6.07) is 9.46. The highest BCUT2D eigenvalue weighted by molar-refractivity contribution is 5.53. The van der Waals surface area contributed by atoms with Crippen LogP contribution >= 0.6 is 0 Å². The van der Waals surface area contributed by atoms with Crippen molar-refractivity contribution in [1.29, 1.82) is 0 Å². The molecule has 5 nitrogen and oxygen atoms in total. The van der Waals surface area contributed by atoms with E-state index in [9.17, 15) is 0 Å². The van der Waals surface area contributed by atoms with Crippen molar-refractivity contribution in [2.24, 2.45) is 0 Å². The molecule has 2 atom stereocenters. The molecule has 2 unspecified atom stereocenters. The highest BCUT2D eigenvalue weighted by atomic mass is 16.5. The largest absolute Gasteiger partial charge is 0.490 e. The van der Waals surface area contributed by atoms with E-state index in [-0.39, 0.29) is 0 Å². The van der Waals surface area contributed by atoms with Gasteiger partial charge in [0.05, 0.1) is 26.4 Å². The lowest BCUT2D eigenvalue weighted by Crippen LogP contribution is -2.41. The van der Waals surface area contributed by atoms with Crippen molar-refractivity contribution in [3.05, 3.63) is 46.5 Å². The number of benzene rings is 2. The zero-order valence-corrected chi connectivity index (χ0v) is 19.5. The summed E-state index contributed by atoms with van der Waals surface area (Å²) in [6.45, 7) is 13.9. The van der Waals surface area contributed by atoms with Crippen molar-refractivity contribution in [2.75, 3.05) is 33.0 Å². The van der Waals surface area contributed by atoms with E-state index in [0.717, 1.165) is 42.4 Å². The zero-order chi connectivity index (χ0) is 22.0. The molecule has 0 amide bonds. The Hall–Kier alpha value is -2.40. The molecule has 4 rings (SSSR count). The maximum absolute atomic E-state index is 5.95. The molecule has 2 aromatic carbocycles.